The molecule has 2 aromatic rings. The maximum atomic E-state index is 13.6. The lowest BCUT2D eigenvalue weighted by Gasteiger charge is -2.15. The quantitative estimate of drug-likeness (QED) is 0.874. The van der Waals surface area contributed by atoms with Crippen molar-refractivity contribution in [3.8, 4) is 0 Å². The maximum absolute atomic E-state index is 13.6. The summed E-state index contributed by atoms with van der Waals surface area (Å²) in [7, 11) is 1.53. The number of benzene rings is 1. The van der Waals surface area contributed by atoms with Gasteiger partial charge in [0.15, 0.2) is 0 Å². The van der Waals surface area contributed by atoms with Crippen LogP contribution < -0.4 is 5.32 Å². The molecular weight excluding hydrogens is 336 g/mol. The van der Waals surface area contributed by atoms with Gasteiger partial charge in [-0.1, -0.05) is 29.3 Å². The minimum Gasteiger partial charge on any atom is -0.374 e. The highest BCUT2D eigenvalue weighted by Crippen LogP contribution is 2.28. The average Bonchev–Trinajstić information content (AvgIpc) is 2.86. The highest BCUT2D eigenvalue weighted by atomic mass is 35.5. The van der Waals surface area contributed by atoms with E-state index in [9.17, 15) is 9.18 Å². The van der Waals surface area contributed by atoms with Gasteiger partial charge in [-0.05, 0) is 24.3 Å². The first-order chi connectivity index (χ1) is 10.0. The summed E-state index contributed by atoms with van der Waals surface area (Å²) in [6, 6.07) is 7.67. The van der Waals surface area contributed by atoms with Crippen molar-refractivity contribution in [1.82, 2.24) is 5.32 Å². The molecule has 21 heavy (non-hydrogen) atoms. The van der Waals surface area contributed by atoms with Crippen LogP contribution in [0.1, 0.15) is 21.3 Å². The molecular formula is C14H12Cl2FNO2S. The van der Waals surface area contributed by atoms with Crippen molar-refractivity contribution >= 4 is 40.4 Å². The summed E-state index contributed by atoms with van der Waals surface area (Å²) >= 11 is 13.1. The third-order valence-electron chi connectivity index (χ3n) is 2.83. The number of ether oxygens (including phenoxy) is 1. The second kappa shape index (κ2) is 7.22. The Morgan fingerprint density at radius 3 is 2.71 bits per heavy atom. The van der Waals surface area contributed by atoms with Gasteiger partial charge in [-0.25, -0.2) is 4.39 Å². The van der Waals surface area contributed by atoms with Crippen LogP contribution in [0.2, 0.25) is 9.36 Å². The standard InChI is InChI=1S/C14H12Cl2FNO2S/c1-20-10(11-5-6-12(16)21-11)7-18-14(19)13-8(15)3-2-4-9(13)17/h2-6,10H,7H2,1H3,(H,18,19)/t10-/m1/s1. The largest absolute Gasteiger partial charge is 0.374 e. The zero-order chi connectivity index (χ0) is 15.4. The van der Waals surface area contributed by atoms with E-state index in [2.05, 4.69) is 5.32 Å². The first kappa shape index (κ1) is 16.2. The molecule has 0 saturated carbocycles. The van der Waals surface area contributed by atoms with Gasteiger partial charge in [-0.15, -0.1) is 11.3 Å². The van der Waals surface area contributed by atoms with E-state index in [-0.39, 0.29) is 23.2 Å². The van der Waals surface area contributed by atoms with Gasteiger partial charge in [0.1, 0.15) is 11.9 Å². The molecule has 0 unspecified atom stereocenters. The van der Waals surface area contributed by atoms with Crippen molar-refractivity contribution < 1.29 is 13.9 Å². The van der Waals surface area contributed by atoms with Gasteiger partial charge < -0.3 is 10.1 Å². The van der Waals surface area contributed by atoms with Crippen LogP contribution >= 0.6 is 34.5 Å². The number of halogens is 3. The molecule has 0 saturated heterocycles. The van der Waals surface area contributed by atoms with Crippen LogP contribution in [0.4, 0.5) is 4.39 Å². The van der Waals surface area contributed by atoms with E-state index >= 15 is 0 Å². The molecule has 1 amide bonds. The number of nitrogens with one attached hydrogen (secondary N) is 1. The fourth-order valence-corrected chi connectivity index (χ4v) is 3.18. The lowest BCUT2D eigenvalue weighted by molar-refractivity contribution is 0.0834. The van der Waals surface area contributed by atoms with Crippen molar-refractivity contribution in [3.63, 3.8) is 0 Å². The Balaban J connectivity index is 2.06. The first-order valence-corrected chi connectivity index (χ1v) is 7.60. The smallest absolute Gasteiger partial charge is 0.255 e. The Kier molecular flexibility index (Phi) is 5.58. The van der Waals surface area contributed by atoms with Crippen LogP contribution in [0.25, 0.3) is 0 Å². The number of carbonyl (C=O) groups excluding carboxylic acids is 1. The highest BCUT2D eigenvalue weighted by molar-refractivity contribution is 7.16. The lowest BCUT2D eigenvalue weighted by Crippen LogP contribution is -2.29. The maximum Gasteiger partial charge on any atom is 0.255 e. The molecule has 0 bridgehead atoms. The first-order valence-electron chi connectivity index (χ1n) is 6.03. The highest BCUT2D eigenvalue weighted by Gasteiger charge is 2.18. The zero-order valence-electron chi connectivity index (χ0n) is 11.0. The summed E-state index contributed by atoms with van der Waals surface area (Å²) in [6.45, 7) is 0.191. The van der Waals surface area contributed by atoms with E-state index in [1.54, 1.807) is 6.07 Å². The molecule has 1 atom stereocenters. The fourth-order valence-electron chi connectivity index (χ4n) is 1.79. The van der Waals surface area contributed by atoms with Crippen molar-refractivity contribution in [2.24, 2.45) is 0 Å². The number of hydrogen-bond donors (Lipinski definition) is 1. The predicted molar refractivity (Wildman–Crippen MR) is 82.8 cm³/mol. The van der Waals surface area contributed by atoms with Crippen LogP contribution in [0.15, 0.2) is 30.3 Å². The molecule has 1 N–H and O–H groups in total. The van der Waals surface area contributed by atoms with Crippen molar-refractivity contribution in [3.05, 3.63) is 55.9 Å². The number of hydrogen-bond acceptors (Lipinski definition) is 3. The van der Waals surface area contributed by atoms with Crippen LogP contribution in [-0.4, -0.2) is 19.6 Å². The molecule has 7 heteroatoms. The average molecular weight is 348 g/mol. The Bertz CT molecular complexity index is 627. The normalized spacial score (nSPS) is 12.2. The molecule has 1 aromatic carbocycles. The van der Waals surface area contributed by atoms with E-state index in [0.717, 1.165) is 4.88 Å². The van der Waals surface area contributed by atoms with Gasteiger partial charge in [0.2, 0.25) is 0 Å². The van der Waals surface area contributed by atoms with Crippen LogP contribution in [0.5, 0.6) is 0 Å². The molecule has 0 aliphatic heterocycles. The van der Waals surface area contributed by atoms with Gasteiger partial charge in [0.25, 0.3) is 5.91 Å². The molecule has 1 heterocycles. The SMILES string of the molecule is CO[C@H](CNC(=O)c1c(F)cccc1Cl)c1ccc(Cl)s1. The molecule has 0 radical (unpaired) electrons. The fraction of sp³-hybridized carbons (Fsp3) is 0.214. The Labute approximate surface area is 135 Å². The van der Waals surface area contributed by atoms with Gasteiger partial charge in [0.05, 0.1) is 14.9 Å². The van der Waals surface area contributed by atoms with E-state index in [4.69, 9.17) is 27.9 Å². The summed E-state index contributed by atoms with van der Waals surface area (Å²) in [5.41, 5.74) is -0.168. The van der Waals surface area contributed by atoms with Gasteiger partial charge in [-0.2, -0.15) is 0 Å². The molecule has 112 valence electrons. The minimum absolute atomic E-state index is 0.0700. The lowest BCUT2D eigenvalue weighted by atomic mass is 10.2. The minimum atomic E-state index is -0.659. The predicted octanol–water partition coefficient (Wildman–Crippen LogP) is 4.31. The number of rotatable bonds is 5. The second-order valence-electron chi connectivity index (χ2n) is 4.17. The third kappa shape index (κ3) is 3.95. The van der Waals surface area contributed by atoms with Gasteiger partial charge in [0, 0.05) is 18.5 Å². The van der Waals surface area contributed by atoms with E-state index < -0.39 is 11.7 Å². The van der Waals surface area contributed by atoms with Crippen molar-refractivity contribution in [2.45, 2.75) is 6.10 Å². The summed E-state index contributed by atoms with van der Waals surface area (Å²) in [6.07, 6.45) is -0.350. The van der Waals surface area contributed by atoms with E-state index in [0.29, 0.717) is 4.34 Å². The van der Waals surface area contributed by atoms with Gasteiger partial charge in [-0.3, -0.25) is 4.79 Å². The Hall–Kier alpha value is -1.14. The van der Waals surface area contributed by atoms with Gasteiger partial charge >= 0.3 is 0 Å². The van der Waals surface area contributed by atoms with Crippen LogP contribution in [0.3, 0.4) is 0 Å². The molecule has 3 nitrogen and oxygen atoms in total. The summed E-state index contributed by atoms with van der Waals surface area (Å²) < 4.78 is 19.6. The molecule has 0 spiro atoms. The molecule has 0 aliphatic rings. The summed E-state index contributed by atoms with van der Waals surface area (Å²) in [5, 5.41) is 2.68. The van der Waals surface area contributed by atoms with Crippen molar-refractivity contribution in [2.75, 3.05) is 13.7 Å². The topological polar surface area (TPSA) is 38.3 Å². The number of carbonyl (C=O) groups is 1. The zero-order valence-corrected chi connectivity index (χ0v) is 13.4. The summed E-state index contributed by atoms with van der Waals surface area (Å²) in [5.74, 6) is -1.24. The molecule has 2 rings (SSSR count). The monoisotopic (exact) mass is 347 g/mol. The Morgan fingerprint density at radius 2 is 2.14 bits per heavy atom. The molecule has 1 aromatic heterocycles. The van der Waals surface area contributed by atoms with Crippen LogP contribution in [-0.2, 0) is 4.74 Å². The molecule has 0 fully saturated rings. The summed E-state index contributed by atoms with van der Waals surface area (Å²) in [4.78, 5) is 12.9. The number of methoxy groups -OCH3 is 1. The second-order valence-corrected chi connectivity index (χ2v) is 6.33. The third-order valence-corrected chi connectivity index (χ3v) is 4.47. The number of amides is 1. The van der Waals surface area contributed by atoms with Crippen molar-refractivity contribution in [1.29, 1.82) is 0 Å². The van der Waals surface area contributed by atoms with Crippen LogP contribution in [0, 0.1) is 5.82 Å². The molecule has 0 aliphatic carbocycles. The number of thiophene rings is 1. The van der Waals surface area contributed by atoms with E-state index in [1.165, 1.54) is 36.6 Å². The Morgan fingerprint density at radius 1 is 1.38 bits per heavy atom. The van der Waals surface area contributed by atoms with E-state index in [1.807, 2.05) is 6.07 Å².